The van der Waals surface area contributed by atoms with E-state index in [2.05, 4.69) is 4.98 Å². The van der Waals surface area contributed by atoms with Gasteiger partial charge in [-0.1, -0.05) is 6.07 Å². The SMILES string of the molecule is O=C(O)c1occc1COCCc1ccccn1. The Morgan fingerprint density at radius 1 is 1.39 bits per heavy atom. The lowest BCUT2D eigenvalue weighted by Crippen LogP contribution is -2.03. The van der Waals surface area contributed by atoms with Gasteiger partial charge < -0.3 is 14.3 Å². The highest BCUT2D eigenvalue weighted by atomic mass is 16.5. The van der Waals surface area contributed by atoms with Crippen molar-refractivity contribution < 1.29 is 19.1 Å². The molecule has 0 aliphatic carbocycles. The van der Waals surface area contributed by atoms with E-state index in [-0.39, 0.29) is 12.4 Å². The largest absolute Gasteiger partial charge is 0.475 e. The summed E-state index contributed by atoms with van der Waals surface area (Å²) in [5.41, 5.74) is 1.49. The third-order valence-corrected chi connectivity index (χ3v) is 2.43. The molecule has 2 rings (SSSR count). The maximum Gasteiger partial charge on any atom is 0.372 e. The van der Waals surface area contributed by atoms with Gasteiger partial charge in [0.15, 0.2) is 0 Å². The molecule has 0 radical (unpaired) electrons. The van der Waals surface area contributed by atoms with Crippen molar-refractivity contribution in [1.82, 2.24) is 4.98 Å². The molecule has 2 heterocycles. The highest BCUT2D eigenvalue weighted by molar-refractivity contribution is 5.85. The van der Waals surface area contributed by atoms with Crippen LogP contribution < -0.4 is 0 Å². The van der Waals surface area contributed by atoms with Crippen LogP contribution in [0, 0.1) is 0 Å². The summed E-state index contributed by atoms with van der Waals surface area (Å²) >= 11 is 0. The van der Waals surface area contributed by atoms with Crippen LogP contribution in [0.15, 0.2) is 41.1 Å². The molecule has 2 aromatic heterocycles. The average Bonchev–Trinajstić information content (AvgIpc) is 2.84. The lowest BCUT2D eigenvalue weighted by atomic mass is 10.2. The van der Waals surface area contributed by atoms with Crippen molar-refractivity contribution in [2.45, 2.75) is 13.0 Å². The molecule has 0 aliphatic rings. The first-order chi connectivity index (χ1) is 8.77. The number of ether oxygens (including phenoxy) is 1. The standard InChI is InChI=1S/C13H13NO4/c15-13(16)12-10(4-8-18-12)9-17-7-5-11-3-1-2-6-14-11/h1-4,6,8H,5,7,9H2,(H,15,16). The van der Waals surface area contributed by atoms with Gasteiger partial charge in [0.25, 0.3) is 0 Å². The van der Waals surface area contributed by atoms with Gasteiger partial charge >= 0.3 is 5.97 Å². The monoisotopic (exact) mass is 247 g/mol. The topological polar surface area (TPSA) is 72.6 Å². The van der Waals surface area contributed by atoms with Crippen LogP contribution >= 0.6 is 0 Å². The molecular weight excluding hydrogens is 234 g/mol. The third-order valence-electron chi connectivity index (χ3n) is 2.43. The lowest BCUT2D eigenvalue weighted by molar-refractivity contribution is 0.0650. The van der Waals surface area contributed by atoms with E-state index in [0.29, 0.717) is 18.6 Å². The molecule has 0 unspecified atom stereocenters. The lowest BCUT2D eigenvalue weighted by Gasteiger charge is -2.03. The summed E-state index contributed by atoms with van der Waals surface area (Å²) in [6, 6.07) is 7.30. The predicted octanol–water partition coefficient (Wildman–Crippen LogP) is 2.13. The first-order valence-electron chi connectivity index (χ1n) is 5.54. The Morgan fingerprint density at radius 3 is 3.00 bits per heavy atom. The van der Waals surface area contributed by atoms with E-state index in [9.17, 15) is 4.79 Å². The van der Waals surface area contributed by atoms with Crippen molar-refractivity contribution in [3.05, 3.63) is 53.7 Å². The Balaban J connectivity index is 1.79. The predicted molar refractivity (Wildman–Crippen MR) is 63.3 cm³/mol. The van der Waals surface area contributed by atoms with Crippen LogP contribution in [0.2, 0.25) is 0 Å². The van der Waals surface area contributed by atoms with E-state index >= 15 is 0 Å². The fourth-order valence-corrected chi connectivity index (χ4v) is 1.54. The van der Waals surface area contributed by atoms with E-state index < -0.39 is 5.97 Å². The number of aromatic carboxylic acids is 1. The van der Waals surface area contributed by atoms with E-state index in [4.69, 9.17) is 14.3 Å². The van der Waals surface area contributed by atoms with Crippen LogP contribution in [-0.4, -0.2) is 22.7 Å². The van der Waals surface area contributed by atoms with Crippen molar-refractivity contribution in [3.63, 3.8) is 0 Å². The van der Waals surface area contributed by atoms with Crippen molar-refractivity contribution in [2.75, 3.05) is 6.61 Å². The molecule has 5 nitrogen and oxygen atoms in total. The van der Waals surface area contributed by atoms with Gasteiger partial charge in [-0.3, -0.25) is 4.98 Å². The summed E-state index contributed by atoms with van der Waals surface area (Å²) < 4.78 is 10.3. The van der Waals surface area contributed by atoms with Gasteiger partial charge in [-0.05, 0) is 18.2 Å². The quantitative estimate of drug-likeness (QED) is 0.791. The highest BCUT2D eigenvalue weighted by Gasteiger charge is 2.13. The number of carboxylic acids is 1. The summed E-state index contributed by atoms with van der Waals surface area (Å²) in [6.07, 6.45) is 3.77. The zero-order valence-electron chi connectivity index (χ0n) is 9.70. The van der Waals surface area contributed by atoms with Crippen LogP contribution in [0.4, 0.5) is 0 Å². The number of hydrogen-bond donors (Lipinski definition) is 1. The molecule has 0 atom stereocenters. The van der Waals surface area contributed by atoms with Crippen molar-refractivity contribution >= 4 is 5.97 Å². The fourth-order valence-electron chi connectivity index (χ4n) is 1.54. The zero-order chi connectivity index (χ0) is 12.8. The second kappa shape index (κ2) is 5.97. The maximum absolute atomic E-state index is 10.8. The Hall–Kier alpha value is -2.14. The van der Waals surface area contributed by atoms with Crippen LogP contribution in [-0.2, 0) is 17.8 Å². The average molecular weight is 247 g/mol. The van der Waals surface area contributed by atoms with Gasteiger partial charge in [-0.25, -0.2) is 4.79 Å². The maximum atomic E-state index is 10.8. The number of pyridine rings is 1. The summed E-state index contributed by atoms with van der Waals surface area (Å²) in [7, 11) is 0. The van der Waals surface area contributed by atoms with Crippen molar-refractivity contribution in [2.24, 2.45) is 0 Å². The number of aromatic nitrogens is 1. The van der Waals surface area contributed by atoms with Gasteiger partial charge in [-0.15, -0.1) is 0 Å². The Morgan fingerprint density at radius 2 is 2.28 bits per heavy atom. The number of carboxylic acid groups (broad SMARTS) is 1. The number of carbonyl (C=O) groups is 1. The Bertz CT molecular complexity index is 507. The van der Waals surface area contributed by atoms with Crippen LogP contribution in [0.1, 0.15) is 21.8 Å². The van der Waals surface area contributed by atoms with Gasteiger partial charge in [0.1, 0.15) is 0 Å². The molecule has 0 fully saturated rings. The molecule has 0 saturated heterocycles. The zero-order valence-corrected chi connectivity index (χ0v) is 9.70. The van der Waals surface area contributed by atoms with E-state index in [0.717, 1.165) is 5.69 Å². The fraction of sp³-hybridized carbons (Fsp3) is 0.231. The summed E-state index contributed by atoms with van der Waals surface area (Å²) in [5.74, 6) is -1.14. The van der Waals surface area contributed by atoms with E-state index in [1.807, 2.05) is 18.2 Å². The number of furan rings is 1. The number of nitrogens with zero attached hydrogens (tertiary/aromatic N) is 1. The van der Waals surface area contributed by atoms with Gasteiger partial charge in [0.05, 0.1) is 19.5 Å². The normalized spacial score (nSPS) is 10.4. The minimum atomic E-state index is -1.08. The van der Waals surface area contributed by atoms with Crippen LogP contribution in [0.25, 0.3) is 0 Å². The molecule has 18 heavy (non-hydrogen) atoms. The second-order valence-electron chi connectivity index (χ2n) is 3.70. The molecule has 1 N–H and O–H groups in total. The first kappa shape index (κ1) is 12.3. The molecule has 0 spiro atoms. The van der Waals surface area contributed by atoms with Crippen LogP contribution in [0.5, 0.6) is 0 Å². The minimum Gasteiger partial charge on any atom is -0.475 e. The van der Waals surface area contributed by atoms with E-state index in [1.165, 1.54) is 6.26 Å². The van der Waals surface area contributed by atoms with Gasteiger partial charge in [0, 0.05) is 23.9 Å². The molecule has 94 valence electrons. The molecule has 5 heteroatoms. The van der Waals surface area contributed by atoms with Gasteiger partial charge in [-0.2, -0.15) is 0 Å². The molecule has 0 bridgehead atoms. The number of hydrogen-bond acceptors (Lipinski definition) is 4. The third kappa shape index (κ3) is 3.18. The molecule has 2 aromatic rings. The molecule has 0 aliphatic heterocycles. The first-order valence-corrected chi connectivity index (χ1v) is 5.54. The second-order valence-corrected chi connectivity index (χ2v) is 3.70. The summed E-state index contributed by atoms with van der Waals surface area (Å²) in [5, 5.41) is 8.83. The smallest absolute Gasteiger partial charge is 0.372 e. The Kier molecular flexibility index (Phi) is 4.09. The molecule has 0 aromatic carbocycles. The van der Waals surface area contributed by atoms with Crippen molar-refractivity contribution in [3.8, 4) is 0 Å². The molecular formula is C13H13NO4. The van der Waals surface area contributed by atoms with Crippen LogP contribution in [0.3, 0.4) is 0 Å². The Labute approximate surface area is 104 Å². The summed E-state index contributed by atoms with van der Waals surface area (Å²) in [4.78, 5) is 14.9. The molecule has 0 saturated carbocycles. The minimum absolute atomic E-state index is 0.0622. The summed E-state index contributed by atoms with van der Waals surface area (Å²) in [6.45, 7) is 0.715. The van der Waals surface area contributed by atoms with E-state index in [1.54, 1.807) is 12.3 Å². The van der Waals surface area contributed by atoms with Gasteiger partial charge in [0.2, 0.25) is 5.76 Å². The molecule has 0 amide bonds. The number of rotatable bonds is 6. The highest BCUT2D eigenvalue weighted by Crippen LogP contribution is 2.11. The van der Waals surface area contributed by atoms with Crippen molar-refractivity contribution in [1.29, 1.82) is 0 Å².